The highest BCUT2D eigenvalue weighted by Gasteiger charge is 2.14. The molecule has 100 valence electrons. The number of ether oxygens (including phenoxy) is 1. The number of aromatic nitrogens is 3. The van der Waals surface area contributed by atoms with E-state index in [2.05, 4.69) is 15.2 Å². The molecule has 1 amide bonds. The van der Waals surface area contributed by atoms with Crippen molar-refractivity contribution in [2.45, 2.75) is 13.5 Å². The summed E-state index contributed by atoms with van der Waals surface area (Å²) in [5.74, 6) is 0.347. The van der Waals surface area contributed by atoms with E-state index in [9.17, 15) is 4.79 Å². The van der Waals surface area contributed by atoms with E-state index in [1.54, 1.807) is 36.5 Å². The van der Waals surface area contributed by atoms with Gasteiger partial charge in [-0.05, 0) is 13.0 Å². The molecule has 0 aliphatic rings. The predicted molar refractivity (Wildman–Crippen MR) is 69.9 cm³/mol. The zero-order valence-corrected chi connectivity index (χ0v) is 11.2. The molecule has 6 heteroatoms. The van der Waals surface area contributed by atoms with Crippen LogP contribution in [0.3, 0.4) is 0 Å². The largest absolute Gasteiger partial charge is 0.481 e. The van der Waals surface area contributed by atoms with Gasteiger partial charge in [-0.15, -0.1) is 0 Å². The van der Waals surface area contributed by atoms with E-state index < -0.39 is 0 Å². The number of rotatable bonds is 4. The second kappa shape index (κ2) is 5.51. The first-order valence-corrected chi connectivity index (χ1v) is 5.86. The highest BCUT2D eigenvalue weighted by atomic mass is 16.5. The summed E-state index contributed by atoms with van der Waals surface area (Å²) in [6.07, 6.45) is 3.29. The van der Waals surface area contributed by atoms with Gasteiger partial charge in [0.25, 0.3) is 5.91 Å². The second-order valence-corrected chi connectivity index (χ2v) is 4.27. The smallest absolute Gasteiger partial charge is 0.254 e. The molecule has 0 atom stereocenters. The number of H-pyrrole nitrogens is 1. The molecule has 2 rings (SSSR count). The summed E-state index contributed by atoms with van der Waals surface area (Å²) in [6, 6.07) is 3.30. The summed E-state index contributed by atoms with van der Waals surface area (Å²) in [5, 5.41) is 6.79. The van der Waals surface area contributed by atoms with Crippen molar-refractivity contribution in [3.8, 4) is 5.88 Å². The lowest BCUT2D eigenvalue weighted by molar-refractivity contribution is 0.0784. The molecular formula is C13H16N4O2. The number of hydrogen-bond acceptors (Lipinski definition) is 4. The van der Waals surface area contributed by atoms with E-state index in [0.717, 1.165) is 11.3 Å². The van der Waals surface area contributed by atoms with Crippen LogP contribution in [-0.2, 0) is 6.54 Å². The monoisotopic (exact) mass is 260 g/mol. The Hall–Kier alpha value is -2.37. The van der Waals surface area contributed by atoms with E-state index in [-0.39, 0.29) is 5.91 Å². The van der Waals surface area contributed by atoms with Gasteiger partial charge in [0.15, 0.2) is 0 Å². The third-order valence-corrected chi connectivity index (χ3v) is 2.88. The molecule has 0 saturated carbocycles. The summed E-state index contributed by atoms with van der Waals surface area (Å²) in [7, 11) is 3.27. The third kappa shape index (κ3) is 2.90. The Kier molecular flexibility index (Phi) is 3.79. The van der Waals surface area contributed by atoms with Crippen LogP contribution in [0.1, 0.15) is 21.6 Å². The number of nitrogens with zero attached hydrogens (tertiary/aromatic N) is 3. The standard InChI is InChI=1S/C13H16N4O2/c1-9-11(7-15-16-9)8-17(2)13(18)10-4-5-14-12(6-10)19-3/h4-7H,8H2,1-3H3,(H,15,16). The number of aryl methyl sites for hydroxylation is 1. The van der Waals surface area contributed by atoms with Gasteiger partial charge < -0.3 is 9.64 Å². The van der Waals surface area contributed by atoms with Crippen LogP contribution in [0.5, 0.6) is 5.88 Å². The Morgan fingerprint density at radius 3 is 2.95 bits per heavy atom. The van der Waals surface area contributed by atoms with Crippen LogP contribution in [0.15, 0.2) is 24.5 Å². The van der Waals surface area contributed by atoms with Gasteiger partial charge in [0.1, 0.15) is 0 Å². The van der Waals surface area contributed by atoms with Gasteiger partial charge in [0.05, 0.1) is 13.3 Å². The number of amides is 1. The quantitative estimate of drug-likeness (QED) is 0.901. The molecule has 19 heavy (non-hydrogen) atoms. The Balaban J connectivity index is 2.12. The van der Waals surface area contributed by atoms with Crippen molar-refractivity contribution in [1.82, 2.24) is 20.1 Å². The molecule has 0 spiro atoms. The van der Waals surface area contributed by atoms with Crippen LogP contribution >= 0.6 is 0 Å². The van der Waals surface area contributed by atoms with Gasteiger partial charge in [-0.25, -0.2) is 4.98 Å². The average molecular weight is 260 g/mol. The number of nitrogens with one attached hydrogen (secondary N) is 1. The molecule has 0 aliphatic carbocycles. The van der Waals surface area contributed by atoms with Crippen molar-refractivity contribution < 1.29 is 9.53 Å². The molecule has 0 saturated heterocycles. The fourth-order valence-electron chi connectivity index (χ4n) is 1.74. The fraction of sp³-hybridized carbons (Fsp3) is 0.308. The van der Waals surface area contributed by atoms with E-state index in [4.69, 9.17) is 4.74 Å². The zero-order chi connectivity index (χ0) is 13.8. The molecule has 1 N–H and O–H groups in total. The predicted octanol–water partition coefficient (Wildman–Crippen LogP) is 1.39. The van der Waals surface area contributed by atoms with E-state index >= 15 is 0 Å². The number of methoxy groups -OCH3 is 1. The van der Waals surface area contributed by atoms with Crippen LogP contribution in [-0.4, -0.2) is 40.1 Å². The molecule has 2 aromatic heterocycles. The van der Waals surface area contributed by atoms with Crippen LogP contribution in [0, 0.1) is 6.92 Å². The van der Waals surface area contributed by atoms with Crippen molar-refractivity contribution in [1.29, 1.82) is 0 Å². The molecule has 2 heterocycles. The van der Waals surface area contributed by atoms with Crippen molar-refractivity contribution in [2.75, 3.05) is 14.2 Å². The van der Waals surface area contributed by atoms with Gasteiger partial charge >= 0.3 is 0 Å². The molecule has 0 bridgehead atoms. The minimum absolute atomic E-state index is 0.0821. The highest BCUT2D eigenvalue weighted by molar-refractivity contribution is 5.94. The Morgan fingerprint density at radius 2 is 2.32 bits per heavy atom. The highest BCUT2D eigenvalue weighted by Crippen LogP contribution is 2.13. The lowest BCUT2D eigenvalue weighted by Gasteiger charge is -2.17. The van der Waals surface area contributed by atoms with Crippen molar-refractivity contribution in [3.63, 3.8) is 0 Å². The molecular weight excluding hydrogens is 244 g/mol. The molecule has 2 aromatic rings. The van der Waals surface area contributed by atoms with Crippen LogP contribution in [0.2, 0.25) is 0 Å². The van der Waals surface area contributed by atoms with E-state index in [1.807, 2.05) is 6.92 Å². The molecule has 0 radical (unpaired) electrons. The topological polar surface area (TPSA) is 71.1 Å². The Labute approximate surface area is 111 Å². The Morgan fingerprint density at radius 1 is 1.53 bits per heavy atom. The van der Waals surface area contributed by atoms with Crippen LogP contribution in [0.4, 0.5) is 0 Å². The maximum atomic E-state index is 12.3. The Bertz CT molecular complexity index is 580. The first kappa shape index (κ1) is 13.1. The van der Waals surface area contributed by atoms with Gasteiger partial charge in [0.2, 0.25) is 5.88 Å². The third-order valence-electron chi connectivity index (χ3n) is 2.88. The average Bonchev–Trinajstić information content (AvgIpc) is 2.83. The van der Waals surface area contributed by atoms with Crippen molar-refractivity contribution in [3.05, 3.63) is 41.3 Å². The number of carbonyl (C=O) groups excluding carboxylic acids is 1. The van der Waals surface area contributed by atoms with E-state index in [1.165, 1.54) is 7.11 Å². The van der Waals surface area contributed by atoms with E-state index in [0.29, 0.717) is 18.0 Å². The molecule has 0 aliphatic heterocycles. The minimum Gasteiger partial charge on any atom is -0.481 e. The van der Waals surface area contributed by atoms with Gasteiger partial charge in [-0.1, -0.05) is 0 Å². The van der Waals surface area contributed by atoms with Crippen molar-refractivity contribution >= 4 is 5.91 Å². The number of aromatic amines is 1. The molecule has 0 unspecified atom stereocenters. The minimum atomic E-state index is -0.0821. The SMILES string of the molecule is COc1cc(C(=O)N(C)Cc2cn[nH]c2C)ccn1. The molecule has 6 nitrogen and oxygen atoms in total. The summed E-state index contributed by atoms with van der Waals surface area (Å²) < 4.78 is 5.01. The maximum absolute atomic E-state index is 12.3. The normalized spacial score (nSPS) is 10.3. The lowest BCUT2D eigenvalue weighted by atomic mass is 10.2. The van der Waals surface area contributed by atoms with Gasteiger partial charge in [0, 0.05) is 42.7 Å². The number of hydrogen-bond donors (Lipinski definition) is 1. The molecule has 0 fully saturated rings. The maximum Gasteiger partial charge on any atom is 0.254 e. The number of carbonyl (C=O) groups is 1. The zero-order valence-electron chi connectivity index (χ0n) is 11.2. The summed E-state index contributed by atoms with van der Waals surface area (Å²) in [5.41, 5.74) is 2.51. The molecule has 0 aromatic carbocycles. The summed E-state index contributed by atoms with van der Waals surface area (Å²) >= 11 is 0. The van der Waals surface area contributed by atoms with Crippen molar-refractivity contribution in [2.24, 2.45) is 0 Å². The number of pyridine rings is 1. The first-order valence-electron chi connectivity index (χ1n) is 5.86. The summed E-state index contributed by atoms with van der Waals surface area (Å²) in [6.45, 7) is 2.43. The summed E-state index contributed by atoms with van der Waals surface area (Å²) in [4.78, 5) is 17.9. The fourth-order valence-corrected chi connectivity index (χ4v) is 1.74. The van der Waals surface area contributed by atoms with Gasteiger partial charge in [-0.3, -0.25) is 9.89 Å². The van der Waals surface area contributed by atoms with Crippen LogP contribution < -0.4 is 4.74 Å². The lowest BCUT2D eigenvalue weighted by Crippen LogP contribution is -2.26. The second-order valence-electron chi connectivity index (χ2n) is 4.27. The van der Waals surface area contributed by atoms with Gasteiger partial charge in [-0.2, -0.15) is 5.10 Å². The van der Waals surface area contributed by atoms with Crippen LogP contribution in [0.25, 0.3) is 0 Å². The first-order chi connectivity index (χ1) is 9.11.